The Morgan fingerprint density at radius 3 is 1.69 bits per heavy atom. The van der Waals surface area contributed by atoms with Crippen molar-refractivity contribution in [2.24, 2.45) is 0 Å². The number of hydrogen-bond acceptors (Lipinski definition) is 4. The van der Waals surface area contributed by atoms with Gasteiger partial charge in [0.2, 0.25) is 0 Å². The summed E-state index contributed by atoms with van der Waals surface area (Å²) in [7, 11) is 0. The van der Waals surface area contributed by atoms with Crippen LogP contribution in [0.3, 0.4) is 0 Å². The van der Waals surface area contributed by atoms with E-state index in [1.807, 2.05) is 0 Å². The molecule has 0 atom stereocenters. The molecule has 2 aliphatic heterocycles. The monoisotopic (exact) mass is 964 g/mol. The van der Waals surface area contributed by atoms with E-state index in [9.17, 15) is 0 Å². The van der Waals surface area contributed by atoms with Crippen LogP contribution in [-0.4, -0.2) is 11.4 Å². The summed E-state index contributed by atoms with van der Waals surface area (Å²) in [5, 5.41) is 9.31. The third-order valence-electron chi connectivity index (χ3n) is 19.2. The van der Waals surface area contributed by atoms with E-state index >= 15 is 0 Å². The minimum absolute atomic E-state index is 0.00427. The maximum atomic E-state index is 7.38. The van der Waals surface area contributed by atoms with Crippen molar-refractivity contribution in [3.63, 3.8) is 0 Å². The topological polar surface area (TPSA) is 47.6 Å². The van der Waals surface area contributed by atoms with Gasteiger partial charge in [-0.15, -0.1) is 0 Å². The molecule has 12 aromatic rings. The molecule has 8 aromatic carbocycles. The van der Waals surface area contributed by atoms with Gasteiger partial charge in [0.15, 0.2) is 0 Å². The van der Waals surface area contributed by atoms with Crippen molar-refractivity contribution in [2.45, 2.75) is 129 Å². The van der Waals surface area contributed by atoms with Crippen molar-refractivity contribution in [1.82, 2.24) is 4.57 Å². The normalized spacial score (nSPS) is 18.1. The lowest BCUT2D eigenvalue weighted by molar-refractivity contribution is 0.332. The van der Waals surface area contributed by atoms with Crippen molar-refractivity contribution in [3.8, 4) is 16.8 Å². The highest BCUT2D eigenvalue weighted by atomic mass is 16.3. The maximum Gasteiger partial charge on any atom is 0.333 e. The van der Waals surface area contributed by atoms with Crippen molar-refractivity contribution in [3.05, 3.63) is 149 Å². The van der Waals surface area contributed by atoms with Crippen molar-refractivity contribution < 1.29 is 13.3 Å². The van der Waals surface area contributed by atoms with E-state index in [1.54, 1.807) is 0 Å². The van der Waals surface area contributed by atoms with Crippen molar-refractivity contribution >= 4 is 117 Å². The number of fused-ring (bicyclic) bond motifs is 21. The van der Waals surface area contributed by atoms with Crippen molar-refractivity contribution in [2.75, 3.05) is 4.81 Å². The first-order chi connectivity index (χ1) is 35.3. The molecule has 0 bridgehead atoms. The molecule has 5 nitrogen and oxygen atoms in total. The second-order valence-corrected chi connectivity index (χ2v) is 26.5. The molecule has 0 fully saturated rings. The summed E-state index contributed by atoms with van der Waals surface area (Å²) in [6, 6.07) is 46.5. The van der Waals surface area contributed by atoms with Crippen LogP contribution < -0.4 is 15.7 Å². The van der Waals surface area contributed by atoms with Gasteiger partial charge >= 0.3 is 6.85 Å². The van der Waals surface area contributed by atoms with Crippen LogP contribution in [-0.2, 0) is 27.1 Å². The molecule has 0 N–H and O–H groups in total. The van der Waals surface area contributed by atoms with E-state index in [0.29, 0.717) is 0 Å². The van der Waals surface area contributed by atoms with Crippen LogP contribution in [0.5, 0.6) is 0 Å². The molecule has 4 aromatic heterocycles. The molecular formula is C68H61BN2O3. The maximum absolute atomic E-state index is 7.38. The third kappa shape index (κ3) is 5.42. The second-order valence-electron chi connectivity index (χ2n) is 26.5. The first kappa shape index (κ1) is 43.2. The fourth-order valence-corrected chi connectivity index (χ4v) is 14.8. The Balaban J connectivity index is 1.13. The van der Waals surface area contributed by atoms with Crippen LogP contribution >= 0.6 is 0 Å². The molecule has 16 rings (SSSR count). The van der Waals surface area contributed by atoms with E-state index in [0.717, 1.165) is 103 Å². The Kier molecular flexibility index (Phi) is 7.92. The summed E-state index contributed by atoms with van der Waals surface area (Å²) in [5.74, 6) is 0. The Labute approximate surface area is 432 Å². The van der Waals surface area contributed by atoms with Crippen LogP contribution in [0.25, 0.3) is 104 Å². The number of para-hydroxylation sites is 2. The number of anilines is 2. The highest BCUT2D eigenvalue weighted by Gasteiger charge is 2.48. The van der Waals surface area contributed by atoms with E-state index in [-0.39, 0.29) is 33.9 Å². The number of nitrogens with zero attached hydrogens (tertiary/aromatic N) is 2. The standard InChI is InChI=1S/C68H61BN2O3/c1-64(2,3)36-20-22-37(23-21-36)71-51-31-42-40-28-45-48(68(10,11)27-25-65(45,4)5)34-56(40)73-55(42)32-44(51)58-59-39-17-13-15-19-54(39)74-63(59)60-43-29-46-47(67(8,9)26-24-66(46,6)7)33-50(43)70-52-35-57-41(38-16-12-14-18-53(38)72-57)30-49(52)69(71)61(58)62(60)70/h12-23,28-35H,24-27H2,1-11H3. The first-order valence-electron chi connectivity index (χ1n) is 27.2. The third-order valence-corrected chi connectivity index (χ3v) is 19.2. The molecule has 74 heavy (non-hydrogen) atoms. The summed E-state index contributed by atoms with van der Waals surface area (Å²) in [6.45, 7) is 26.2. The molecule has 0 amide bonds. The lowest BCUT2D eigenvalue weighted by Crippen LogP contribution is -2.60. The fourth-order valence-electron chi connectivity index (χ4n) is 14.8. The van der Waals surface area contributed by atoms with Crippen molar-refractivity contribution in [1.29, 1.82) is 0 Å². The molecule has 2 aliphatic carbocycles. The van der Waals surface area contributed by atoms with Gasteiger partial charge in [-0.05, 0) is 158 Å². The molecule has 0 unspecified atom stereocenters. The number of hydrogen-bond donors (Lipinski definition) is 0. The first-order valence-corrected chi connectivity index (χ1v) is 27.2. The zero-order valence-corrected chi connectivity index (χ0v) is 44.6. The Hall–Kier alpha value is -7.18. The molecular weight excluding hydrogens is 904 g/mol. The molecule has 6 heteroatoms. The van der Waals surface area contributed by atoms with Gasteiger partial charge < -0.3 is 22.6 Å². The van der Waals surface area contributed by atoms with Gasteiger partial charge in [-0.1, -0.05) is 131 Å². The van der Waals surface area contributed by atoms with Gasteiger partial charge in [0.05, 0.1) is 16.4 Å². The zero-order valence-electron chi connectivity index (χ0n) is 44.6. The minimum atomic E-state index is -0.228. The van der Waals surface area contributed by atoms with Gasteiger partial charge in [0.1, 0.15) is 33.5 Å². The lowest BCUT2D eigenvalue weighted by Gasteiger charge is -2.42. The summed E-state index contributed by atoms with van der Waals surface area (Å²) < 4.78 is 24.1. The Morgan fingerprint density at radius 2 is 1.01 bits per heavy atom. The van der Waals surface area contributed by atoms with Gasteiger partial charge in [-0.3, -0.25) is 0 Å². The van der Waals surface area contributed by atoms with Gasteiger partial charge in [-0.25, -0.2) is 0 Å². The average molecular weight is 965 g/mol. The Bertz CT molecular complexity index is 4540. The highest BCUT2D eigenvalue weighted by Crippen LogP contribution is 2.56. The minimum Gasteiger partial charge on any atom is -0.456 e. The molecule has 0 saturated carbocycles. The van der Waals surface area contributed by atoms with E-state index < -0.39 is 0 Å². The number of aromatic nitrogens is 1. The molecule has 4 aliphatic rings. The van der Waals surface area contributed by atoms with Crippen LogP contribution in [0.2, 0.25) is 0 Å². The molecule has 0 spiro atoms. The molecule has 0 saturated heterocycles. The van der Waals surface area contributed by atoms with Crippen LogP contribution in [0, 0.1) is 0 Å². The lowest BCUT2D eigenvalue weighted by atomic mass is 9.43. The van der Waals surface area contributed by atoms with E-state index in [4.69, 9.17) is 13.3 Å². The number of benzene rings is 8. The second kappa shape index (κ2) is 13.6. The van der Waals surface area contributed by atoms with Crippen LogP contribution in [0.1, 0.15) is 130 Å². The average Bonchev–Trinajstić information content (AvgIpc) is 4.19. The molecule has 364 valence electrons. The number of furan rings is 3. The fraction of sp³-hybridized carbons (Fsp3) is 0.294. The quantitative estimate of drug-likeness (QED) is 0.154. The van der Waals surface area contributed by atoms with E-state index in [1.165, 1.54) is 76.9 Å². The summed E-state index contributed by atoms with van der Waals surface area (Å²) in [6.07, 6.45) is 4.57. The molecule has 0 radical (unpaired) electrons. The van der Waals surface area contributed by atoms with Crippen LogP contribution in [0.4, 0.5) is 11.4 Å². The zero-order chi connectivity index (χ0) is 50.5. The molecule has 6 heterocycles. The predicted octanol–water partition coefficient (Wildman–Crippen LogP) is 17.7. The van der Waals surface area contributed by atoms with E-state index in [2.05, 4.69) is 207 Å². The Morgan fingerprint density at radius 1 is 0.473 bits per heavy atom. The highest BCUT2D eigenvalue weighted by molar-refractivity contribution is 6.94. The largest absolute Gasteiger partial charge is 0.456 e. The summed E-state index contributed by atoms with van der Waals surface area (Å²) >= 11 is 0. The number of rotatable bonds is 1. The van der Waals surface area contributed by atoms with Gasteiger partial charge in [0, 0.05) is 66.4 Å². The van der Waals surface area contributed by atoms with Gasteiger partial charge in [0.25, 0.3) is 0 Å². The summed E-state index contributed by atoms with van der Waals surface area (Å²) in [4.78, 5) is 2.69. The predicted molar refractivity (Wildman–Crippen MR) is 311 cm³/mol. The SMILES string of the molecule is CC(C)(C)c1ccc(N2B3c4cc5c(cc4-n4c6cc7c(cc6c6c8oc9ccccc9c8c(c3c64)-c3cc4oc6cc8c(cc6c4cc32)C(C)(C)CCC8(C)C)C(C)(C)CCC7(C)C)oc2ccccc25)cc1. The van der Waals surface area contributed by atoms with Crippen LogP contribution in [0.15, 0.2) is 135 Å². The van der Waals surface area contributed by atoms with Gasteiger partial charge in [-0.2, -0.15) is 0 Å². The summed E-state index contributed by atoms with van der Waals surface area (Å²) in [5.41, 5.74) is 23.5. The smallest absolute Gasteiger partial charge is 0.333 e.